The van der Waals surface area contributed by atoms with Gasteiger partial charge in [0.15, 0.2) is 0 Å². The summed E-state index contributed by atoms with van der Waals surface area (Å²) in [7, 11) is 1.86. The van der Waals surface area contributed by atoms with Gasteiger partial charge in [-0.25, -0.2) is 4.98 Å². The van der Waals surface area contributed by atoms with Crippen molar-refractivity contribution in [3.63, 3.8) is 0 Å². The molecule has 3 unspecified atom stereocenters. The van der Waals surface area contributed by atoms with Gasteiger partial charge in [-0.2, -0.15) is 4.98 Å². The van der Waals surface area contributed by atoms with Crippen molar-refractivity contribution >= 4 is 11.8 Å². The van der Waals surface area contributed by atoms with Crippen molar-refractivity contribution in [3.05, 3.63) is 11.8 Å². The molecular formula is C14H24N4. The molecule has 4 nitrogen and oxygen atoms in total. The molecule has 2 heterocycles. The Kier molecular flexibility index (Phi) is 3.73. The zero-order valence-electron chi connectivity index (χ0n) is 12.1. The molecule has 0 aromatic carbocycles. The van der Waals surface area contributed by atoms with Crippen LogP contribution in [0.3, 0.4) is 0 Å². The highest BCUT2D eigenvalue weighted by Crippen LogP contribution is 2.30. The van der Waals surface area contributed by atoms with Gasteiger partial charge in [-0.05, 0) is 32.1 Å². The van der Waals surface area contributed by atoms with Gasteiger partial charge in [0.1, 0.15) is 5.82 Å². The lowest BCUT2D eigenvalue weighted by atomic mass is 9.86. The SMILES string of the molecule is CNc1nc(C)cc(N2CC(C)CC(C)C2C)n1. The van der Waals surface area contributed by atoms with Crippen LogP contribution in [0, 0.1) is 18.8 Å². The van der Waals surface area contributed by atoms with Crippen LogP contribution in [0.1, 0.15) is 32.9 Å². The minimum Gasteiger partial charge on any atom is -0.357 e. The highest BCUT2D eigenvalue weighted by Gasteiger charge is 2.29. The lowest BCUT2D eigenvalue weighted by Gasteiger charge is -2.42. The number of aromatic nitrogens is 2. The Labute approximate surface area is 110 Å². The fourth-order valence-electron chi connectivity index (χ4n) is 2.83. The number of piperidine rings is 1. The highest BCUT2D eigenvalue weighted by atomic mass is 15.3. The Morgan fingerprint density at radius 3 is 2.67 bits per heavy atom. The Morgan fingerprint density at radius 2 is 2.00 bits per heavy atom. The first-order valence-electron chi connectivity index (χ1n) is 6.81. The molecule has 1 aromatic heterocycles. The Bertz CT molecular complexity index is 418. The maximum Gasteiger partial charge on any atom is 0.224 e. The van der Waals surface area contributed by atoms with Crippen LogP contribution in [0.5, 0.6) is 0 Å². The van der Waals surface area contributed by atoms with E-state index in [1.54, 1.807) is 0 Å². The van der Waals surface area contributed by atoms with E-state index in [0.29, 0.717) is 17.9 Å². The molecule has 1 aromatic rings. The van der Waals surface area contributed by atoms with E-state index in [0.717, 1.165) is 24.0 Å². The molecule has 3 atom stereocenters. The number of anilines is 2. The van der Waals surface area contributed by atoms with Gasteiger partial charge in [-0.1, -0.05) is 13.8 Å². The third-order valence-corrected chi connectivity index (χ3v) is 3.96. The first kappa shape index (κ1) is 13.1. The maximum absolute atomic E-state index is 4.60. The normalized spacial score (nSPS) is 28.3. The van der Waals surface area contributed by atoms with Gasteiger partial charge in [0.2, 0.25) is 5.95 Å². The van der Waals surface area contributed by atoms with E-state index in [4.69, 9.17) is 0 Å². The van der Waals surface area contributed by atoms with Crippen molar-refractivity contribution in [2.45, 2.75) is 40.2 Å². The standard InChI is InChI=1S/C14H24N4/c1-9-6-10(2)12(4)18(8-9)13-7-11(3)16-14(15-5)17-13/h7,9-10,12H,6,8H2,1-5H3,(H,15,16,17). The Hall–Kier alpha value is -1.32. The predicted octanol–water partition coefficient (Wildman–Crippen LogP) is 2.70. The zero-order chi connectivity index (χ0) is 13.3. The van der Waals surface area contributed by atoms with Gasteiger partial charge in [0.05, 0.1) is 0 Å². The molecular weight excluding hydrogens is 224 g/mol. The van der Waals surface area contributed by atoms with Gasteiger partial charge in [-0.3, -0.25) is 0 Å². The summed E-state index contributed by atoms with van der Waals surface area (Å²) in [6.45, 7) is 10.1. The average Bonchev–Trinajstić information content (AvgIpc) is 2.32. The Morgan fingerprint density at radius 1 is 1.28 bits per heavy atom. The van der Waals surface area contributed by atoms with Crippen LogP contribution in [0.2, 0.25) is 0 Å². The second-order valence-corrected chi connectivity index (χ2v) is 5.65. The van der Waals surface area contributed by atoms with Crippen molar-refractivity contribution in [3.8, 4) is 0 Å². The van der Waals surface area contributed by atoms with E-state index in [1.807, 2.05) is 14.0 Å². The van der Waals surface area contributed by atoms with Gasteiger partial charge in [0.25, 0.3) is 0 Å². The number of nitrogens with zero attached hydrogens (tertiary/aromatic N) is 3. The minimum absolute atomic E-state index is 0.542. The summed E-state index contributed by atoms with van der Waals surface area (Å²) in [4.78, 5) is 11.4. The molecule has 0 radical (unpaired) electrons. The Balaban J connectivity index is 2.31. The number of aryl methyl sites for hydroxylation is 1. The van der Waals surface area contributed by atoms with Gasteiger partial charge >= 0.3 is 0 Å². The quantitative estimate of drug-likeness (QED) is 0.873. The summed E-state index contributed by atoms with van der Waals surface area (Å²) in [5.41, 5.74) is 1.02. The van der Waals surface area contributed by atoms with Crippen LogP contribution >= 0.6 is 0 Å². The highest BCUT2D eigenvalue weighted by molar-refractivity contribution is 5.46. The van der Waals surface area contributed by atoms with Crippen LogP contribution < -0.4 is 10.2 Å². The first-order valence-corrected chi connectivity index (χ1v) is 6.81. The molecule has 0 saturated carbocycles. The van der Waals surface area contributed by atoms with Crippen LogP contribution in [0.25, 0.3) is 0 Å². The van der Waals surface area contributed by atoms with E-state index >= 15 is 0 Å². The second-order valence-electron chi connectivity index (χ2n) is 5.65. The second kappa shape index (κ2) is 5.12. The van der Waals surface area contributed by atoms with Gasteiger partial charge in [-0.15, -0.1) is 0 Å². The fraction of sp³-hybridized carbons (Fsp3) is 0.714. The molecule has 0 aliphatic carbocycles. The van der Waals surface area contributed by atoms with Gasteiger partial charge in [0, 0.05) is 31.4 Å². The molecule has 1 aliphatic rings. The summed E-state index contributed by atoms with van der Waals surface area (Å²) in [5.74, 6) is 3.20. The van der Waals surface area contributed by atoms with Gasteiger partial charge < -0.3 is 10.2 Å². The van der Waals surface area contributed by atoms with Crippen molar-refractivity contribution in [1.29, 1.82) is 0 Å². The zero-order valence-corrected chi connectivity index (χ0v) is 12.1. The molecule has 18 heavy (non-hydrogen) atoms. The minimum atomic E-state index is 0.542. The average molecular weight is 248 g/mol. The van der Waals surface area contributed by atoms with Crippen LogP contribution in [0.4, 0.5) is 11.8 Å². The molecule has 4 heteroatoms. The van der Waals surface area contributed by atoms with E-state index in [1.165, 1.54) is 6.42 Å². The summed E-state index contributed by atoms with van der Waals surface area (Å²) >= 11 is 0. The third kappa shape index (κ3) is 2.57. The summed E-state index contributed by atoms with van der Waals surface area (Å²) in [6, 6.07) is 2.63. The number of hydrogen-bond acceptors (Lipinski definition) is 4. The van der Waals surface area contributed by atoms with Crippen molar-refractivity contribution in [1.82, 2.24) is 9.97 Å². The summed E-state index contributed by atoms with van der Waals surface area (Å²) in [5, 5.41) is 3.04. The van der Waals surface area contributed by atoms with E-state index < -0.39 is 0 Å². The number of hydrogen-bond donors (Lipinski definition) is 1. The molecule has 2 rings (SSSR count). The van der Waals surface area contributed by atoms with E-state index in [-0.39, 0.29) is 0 Å². The molecule has 100 valence electrons. The fourth-order valence-corrected chi connectivity index (χ4v) is 2.83. The molecule has 1 N–H and O–H groups in total. The molecule has 1 saturated heterocycles. The predicted molar refractivity (Wildman–Crippen MR) is 76.1 cm³/mol. The molecule has 1 aliphatic heterocycles. The number of rotatable bonds is 2. The number of nitrogens with one attached hydrogen (secondary N) is 1. The molecule has 0 bridgehead atoms. The van der Waals surface area contributed by atoms with E-state index in [2.05, 4.69) is 47.0 Å². The first-order chi connectivity index (χ1) is 8.51. The monoisotopic (exact) mass is 248 g/mol. The lowest BCUT2D eigenvalue weighted by molar-refractivity contribution is 0.295. The van der Waals surface area contributed by atoms with E-state index in [9.17, 15) is 0 Å². The van der Waals surface area contributed by atoms with Crippen LogP contribution in [-0.2, 0) is 0 Å². The van der Waals surface area contributed by atoms with Crippen LogP contribution in [0.15, 0.2) is 6.07 Å². The smallest absolute Gasteiger partial charge is 0.224 e. The lowest BCUT2D eigenvalue weighted by Crippen LogP contribution is -2.46. The molecule has 0 spiro atoms. The topological polar surface area (TPSA) is 41.1 Å². The molecule has 1 fully saturated rings. The van der Waals surface area contributed by atoms with Crippen molar-refractivity contribution in [2.75, 3.05) is 23.8 Å². The maximum atomic E-state index is 4.60. The van der Waals surface area contributed by atoms with Crippen molar-refractivity contribution in [2.24, 2.45) is 11.8 Å². The third-order valence-electron chi connectivity index (χ3n) is 3.96. The van der Waals surface area contributed by atoms with Crippen molar-refractivity contribution < 1.29 is 0 Å². The molecule has 0 amide bonds. The summed E-state index contributed by atoms with van der Waals surface area (Å²) in [6.07, 6.45) is 1.31. The largest absolute Gasteiger partial charge is 0.357 e. The summed E-state index contributed by atoms with van der Waals surface area (Å²) < 4.78 is 0. The van der Waals surface area contributed by atoms with Crippen LogP contribution in [-0.4, -0.2) is 29.6 Å².